The molecular weight excluding hydrogens is 276 g/mol. The van der Waals surface area contributed by atoms with Crippen molar-refractivity contribution in [1.29, 1.82) is 0 Å². The van der Waals surface area contributed by atoms with Gasteiger partial charge in [-0.1, -0.05) is 17.7 Å². The van der Waals surface area contributed by atoms with Crippen molar-refractivity contribution in [2.24, 2.45) is 0 Å². The van der Waals surface area contributed by atoms with Crippen LogP contribution in [0, 0.1) is 0 Å². The van der Waals surface area contributed by atoms with E-state index in [0.717, 1.165) is 5.56 Å². The van der Waals surface area contributed by atoms with Gasteiger partial charge in [0.1, 0.15) is 11.5 Å². The van der Waals surface area contributed by atoms with E-state index in [2.05, 4.69) is 15.3 Å². The van der Waals surface area contributed by atoms with Gasteiger partial charge in [-0.15, -0.1) is 0 Å². The molecule has 0 saturated carbocycles. The number of rotatable bonds is 4. The van der Waals surface area contributed by atoms with E-state index >= 15 is 0 Å². The molecule has 0 bridgehead atoms. The molecule has 6 heteroatoms. The number of amides is 1. The number of hydrogen-bond donors (Lipinski definition) is 1. The highest BCUT2D eigenvalue weighted by atomic mass is 35.5. The smallest absolute Gasteiger partial charge is 0.274 e. The SMILES string of the molecule is CNc1ccc(Cl)c(C(=O)N(C)Cc2cccnc2)n1. The number of anilines is 1. The molecule has 0 aliphatic heterocycles. The summed E-state index contributed by atoms with van der Waals surface area (Å²) < 4.78 is 0. The fourth-order valence-electron chi connectivity index (χ4n) is 1.75. The first-order valence-electron chi connectivity index (χ1n) is 6.10. The summed E-state index contributed by atoms with van der Waals surface area (Å²) in [6, 6.07) is 7.13. The molecule has 2 aromatic rings. The summed E-state index contributed by atoms with van der Waals surface area (Å²) >= 11 is 6.04. The van der Waals surface area contributed by atoms with Gasteiger partial charge < -0.3 is 10.2 Å². The van der Waals surface area contributed by atoms with Crippen molar-refractivity contribution < 1.29 is 4.79 Å². The lowest BCUT2D eigenvalue weighted by atomic mass is 10.2. The predicted molar refractivity (Wildman–Crippen MR) is 78.8 cm³/mol. The van der Waals surface area contributed by atoms with E-state index in [-0.39, 0.29) is 11.6 Å². The number of halogens is 1. The Balaban J connectivity index is 2.18. The number of nitrogens with one attached hydrogen (secondary N) is 1. The lowest BCUT2D eigenvalue weighted by Crippen LogP contribution is -2.27. The van der Waals surface area contributed by atoms with Gasteiger partial charge in [0.15, 0.2) is 0 Å². The highest BCUT2D eigenvalue weighted by molar-refractivity contribution is 6.33. The van der Waals surface area contributed by atoms with Crippen LogP contribution < -0.4 is 5.32 Å². The third-order valence-corrected chi connectivity index (χ3v) is 3.10. The van der Waals surface area contributed by atoms with Gasteiger partial charge in [0, 0.05) is 33.0 Å². The van der Waals surface area contributed by atoms with Crippen LogP contribution in [-0.2, 0) is 6.54 Å². The normalized spacial score (nSPS) is 10.2. The number of aromatic nitrogens is 2. The minimum absolute atomic E-state index is 0.226. The molecule has 104 valence electrons. The number of pyridine rings is 2. The van der Waals surface area contributed by atoms with Crippen LogP contribution in [0.25, 0.3) is 0 Å². The van der Waals surface area contributed by atoms with Gasteiger partial charge in [-0.05, 0) is 23.8 Å². The topological polar surface area (TPSA) is 58.1 Å². The zero-order valence-electron chi connectivity index (χ0n) is 11.3. The van der Waals surface area contributed by atoms with Crippen LogP contribution in [0.4, 0.5) is 5.82 Å². The lowest BCUT2D eigenvalue weighted by molar-refractivity contribution is 0.0779. The largest absolute Gasteiger partial charge is 0.373 e. The third kappa shape index (κ3) is 3.24. The van der Waals surface area contributed by atoms with Gasteiger partial charge in [-0.2, -0.15) is 0 Å². The second-order valence-electron chi connectivity index (χ2n) is 4.30. The highest BCUT2D eigenvalue weighted by Gasteiger charge is 2.17. The Labute approximate surface area is 122 Å². The molecule has 2 aromatic heterocycles. The molecule has 2 heterocycles. The van der Waals surface area contributed by atoms with Crippen LogP contribution in [0.5, 0.6) is 0 Å². The van der Waals surface area contributed by atoms with E-state index in [4.69, 9.17) is 11.6 Å². The van der Waals surface area contributed by atoms with Crippen molar-refractivity contribution >= 4 is 23.3 Å². The van der Waals surface area contributed by atoms with Gasteiger partial charge in [0.05, 0.1) is 5.02 Å². The molecule has 0 aromatic carbocycles. The fraction of sp³-hybridized carbons (Fsp3) is 0.214. The number of hydrogen-bond acceptors (Lipinski definition) is 4. The van der Waals surface area contributed by atoms with E-state index in [9.17, 15) is 4.79 Å². The standard InChI is InChI=1S/C14H15ClN4O/c1-16-12-6-5-11(15)13(18-12)14(20)19(2)9-10-4-3-7-17-8-10/h3-8H,9H2,1-2H3,(H,16,18). The molecule has 0 aliphatic carbocycles. The molecule has 0 saturated heterocycles. The molecular formula is C14H15ClN4O. The Bertz CT molecular complexity index is 603. The Kier molecular flexibility index (Phi) is 4.53. The summed E-state index contributed by atoms with van der Waals surface area (Å²) in [5.41, 5.74) is 1.19. The second kappa shape index (κ2) is 6.34. The van der Waals surface area contributed by atoms with E-state index in [1.165, 1.54) is 0 Å². The second-order valence-corrected chi connectivity index (χ2v) is 4.71. The first-order chi connectivity index (χ1) is 9.61. The van der Waals surface area contributed by atoms with E-state index in [1.54, 1.807) is 43.5 Å². The Morgan fingerprint density at radius 2 is 2.20 bits per heavy atom. The molecule has 0 fully saturated rings. The van der Waals surface area contributed by atoms with Crippen LogP contribution in [0.2, 0.25) is 5.02 Å². The van der Waals surface area contributed by atoms with Crippen LogP contribution in [-0.4, -0.2) is 34.9 Å². The molecule has 1 amide bonds. The maximum Gasteiger partial charge on any atom is 0.274 e. The Hall–Kier alpha value is -2.14. The van der Waals surface area contributed by atoms with E-state index < -0.39 is 0 Å². The van der Waals surface area contributed by atoms with Gasteiger partial charge in [-0.3, -0.25) is 9.78 Å². The summed E-state index contributed by atoms with van der Waals surface area (Å²) in [5, 5.41) is 3.23. The van der Waals surface area contributed by atoms with Gasteiger partial charge in [0.2, 0.25) is 0 Å². The molecule has 2 rings (SSSR count). The molecule has 5 nitrogen and oxygen atoms in total. The zero-order valence-corrected chi connectivity index (χ0v) is 12.1. The van der Waals surface area contributed by atoms with E-state index in [0.29, 0.717) is 17.4 Å². The Morgan fingerprint density at radius 3 is 2.85 bits per heavy atom. The van der Waals surface area contributed by atoms with Gasteiger partial charge in [0.25, 0.3) is 5.91 Å². The quantitative estimate of drug-likeness (QED) is 0.940. The lowest BCUT2D eigenvalue weighted by Gasteiger charge is -2.17. The van der Waals surface area contributed by atoms with Crippen molar-refractivity contribution in [3.8, 4) is 0 Å². The van der Waals surface area contributed by atoms with Gasteiger partial charge >= 0.3 is 0 Å². The first-order valence-corrected chi connectivity index (χ1v) is 6.48. The summed E-state index contributed by atoms with van der Waals surface area (Å²) in [4.78, 5) is 22.2. The van der Waals surface area contributed by atoms with Crippen molar-refractivity contribution in [2.45, 2.75) is 6.54 Å². The van der Waals surface area contributed by atoms with Crippen molar-refractivity contribution in [1.82, 2.24) is 14.9 Å². The maximum atomic E-state index is 12.4. The van der Waals surface area contributed by atoms with Crippen LogP contribution in [0.15, 0.2) is 36.7 Å². The molecule has 0 aliphatic rings. The molecule has 0 unspecified atom stereocenters. The molecule has 0 radical (unpaired) electrons. The molecule has 0 spiro atoms. The van der Waals surface area contributed by atoms with Crippen molar-refractivity contribution in [3.63, 3.8) is 0 Å². The number of nitrogens with zero attached hydrogens (tertiary/aromatic N) is 3. The van der Waals surface area contributed by atoms with Crippen LogP contribution in [0.3, 0.4) is 0 Å². The summed E-state index contributed by atoms with van der Waals surface area (Å²) in [6.45, 7) is 0.453. The minimum atomic E-state index is -0.226. The summed E-state index contributed by atoms with van der Waals surface area (Å²) in [6.07, 6.45) is 3.42. The first kappa shape index (κ1) is 14.3. The van der Waals surface area contributed by atoms with Gasteiger partial charge in [-0.25, -0.2) is 4.98 Å². The monoisotopic (exact) mass is 290 g/mol. The number of carbonyl (C=O) groups is 1. The predicted octanol–water partition coefficient (Wildman–Crippen LogP) is 2.44. The van der Waals surface area contributed by atoms with Crippen molar-refractivity contribution in [3.05, 3.63) is 52.9 Å². The minimum Gasteiger partial charge on any atom is -0.373 e. The average molecular weight is 291 g/mol. The average Bonchev–Trinajstić information content (AvgIpc) is 2.48. The van der Waals surface area contributed by atoms with E-state index in [1.807, 2.05) is 12.1 Å². The van der Waals surface area contributed by atoms with Crippen LogP contribution in [0.1, 0.15) is 16.1 Å². The molecule has 1 N–H and O–H groups in total. The maximum absolute atomic E-state index is 12.4. The Morgan fingerprint density at radius 1 is 1.40 bits per heavy atom. The zero-order chi connectivity index (χ0) is 14.5. The molecule has 0 atom stereocenters. The van der Waals surface area contributed by atoms with Crippen molar-refractivity contribution in [2.75, 3.05) is 19.4 Å². The third-order valence-electron chi connectivity index (χ3n) is 2.79. The fourth-order valence-corrected chi connectivity index (χ4v) is 1.94. The van der Waals surface area contributed by atoms with Crippen LogP contribution >= 0.6 is 11.6 Å². The summed E-state index contributed by atoms with van der Waals surface area (Å²) in [7, 11) is 3.45. The number of carbonyl (C=O) groups excluding carboxylic acids is 1. The molecule has 20 heavy (non-hydrogen) atoms. The summed E-state index contributed by atoms with van der Waals surface area (Å²) in [5.74, 6) is 0.378. The highest BCUT2D eigenvalue weighted by Crippen LogP contribution is 2.18.